The highest BCUT2D eigenvalue weighted by Gasteiger charge is 2.07. The molecule has 0 bridgehead atoms. The molecule has 6 heteroatoms. The molecule has 4 nitrogen and oxygen atoms in total. The average Bonchev–Trinajstić information content (AvgIpc) is 2.99. The fraction of sp³-hybridized carbons (Fsp3) is 0.429. The second kappa shape index (κ2) is 8.24. The van der Waals surface area contributed by atoms with E-state index < -0.39 is 0 Å². The Balaban J connectivity index is 2.02. The van der Waals surface area contributed by atoms with Crippen molar-refractivity contribution in [2.24, 2.45) is 0 Å². The van der Waals surface area contributed by atoms with Gasteiger partial charge in [-0.1, -0.05) is 24.8 Å². The summed E-state index contributed by atoms with van der Waals surface area (Å²) in [6.07, 6.45) is 2.74. The molecule has 1 heterocycles. The van der Waals surface area contributed by atoms with E-state index in [1.807, 2.05) is 6.07 Å². The van der Waals surface area contributed by atoms with Crippen LogP contribution in [0.2, 0.25) is 0 Å². The van der Waals surface area contributed by atoms with Crippen LogP contribution >= 0.6 is 23.3 Å². The lowest BCUT2D eigenvalue weighted by Crippen LogP contribution is -2.13. The topological polar surface area (TPSA) is 47.0 Å². The molecule has 0 radical (unpaired) electrons. The smallest absolute Gasteiger partial charge is 0.170 e. The van der Waals surface area contributed by atoms with Gasteiger partial charge in [0, 0.05) is 17.9 Å². The van der Waals surface area contributed by atoms with Gasteiger partial charge in [0.1, 0.15) is 12.1 Å². The van der Waals surface area contributed by atoms with Crippen molar-refractivity contribution in [1.29, 1.82) is 0 Å². The minimum absolute atomic E-state index is 0.847. The van der Waals surface area contributed by atoms with Crippen molar-refractivity contribution in [3.8, 4) is 5.75 Å². The van der Waals surface area contributed by atoms with Gasteiger partial charge >= 0.3 is 0 Å². The Morgan fingerprint density at radius 1 is 1.40 bits per heavy atom. The molecule has 0 spiro atoms. The Kier molecular flexibility index (Phi) is 6.29. The fourth-order valence-electron chi connectivity index (χ4n) is 1.83. The number of hydrogen-bond donors (Lipinski definition) is 1. The normalized spacial score (nSPS) is 10.7. The summed E-state index contributed by atoms with van der Waals surface area (Å²) in [5.74, 6) is 1.78. The molecule has 0 amide bonds. The van der Waals surface area contributed by atoms with Crippen LogP contribution in [0.3, 0.4) is 0 Å². The summed E-state index contributed by atoms with van der Waals surface area (Å²) >= 11 is 3.12. The molecule has 0 fully saturated rings. The number of aromatic nitrogens is 2. The molecule has 0 aliphatic heterocycles. The lowest BCUT2D eigenvalue weighted by Gasteiger charge is -2.10. The van der Waals surface area contributed by atoms with Gasteiger partial charge in [-0.25, -0.2) is 4.98 Å². The van der Waals surface area contributed by atoms with Gasteiger partial charge in [0.05, 0.1) is 7.11 Å². The van der Waals surface area contributed by atoms with Gasteiger partial charge < -0.3 is 10.1 Å². The summed E-state index contributed by atoms with van der Waals surface area (Å²) in [5.41, 5.74) is 2.48. The molecule has 2 rings (SSSR count). The minimum Gasteiger partial charge on any atom is -0.496 e. The van der Waals surface area contributed by atoms with Gasteiger partial charge in [-0.05, 0) is 42.2 Å². The van der Waals surface area contributed by atoms with E-state index >= 15 is 0 Å². The monoisotopic (exact) mass is 309 g/mol. The van der Waals surface area contributed by atoms with Crippen LogP contribution in [-0.2, 0) is 12.3 Å². The Morgan fingerprint density at radius 3 is 3.00 bits per heavy atom. The first kappa shape index (κ1) is 15.3. The predicted octanol–water partition coefficient (Wildman–Crippen LogP) is 3.34. The van der Waals surface area contributed by atoms with Crippen LogP contribution in [0.15, 0.2) is 28.9 Å². The number of methoxy groups -OCH3 is 1. The van der Waals surface area contributed by atoms with Gasteiger partial charge in [0.2, 0.25) is 0 Å². The van der Waals surface area contributed by atoms with Gasteiger partial charge in [-0.2, -0.15) is 4.37 Å². The van der Waals surface area contributed by atoms with E-state index in [9.17, 15) is 0 Å². The highest BCUT2D eigenvalue weighted by atomic mass is 32.2. The average molecular weight is 309 g/mol. The first-order chi connectivity index (χ1) is 9.83. The van der Waals surface area contributed by atoms with Crippen LogP contribution in [0.1, 0.15) is 24.5 Å². The molecule has 0 aliphatic carbocycles. The molecule has 0 saturated heterocycles. The van der Waals surface area contributed by atoms with Crippen LogP contribution in [0.4, 0.5) is 0 Å². The van der Waals surface area contributed by atoms with Gasteiger partial charge in [0.25, 0.3) is 0 Å². The number of rotatable bonds is 8. The summed E-state index contributed by atoms with van der Waals surface area (Å²) in [7, 11) is 1.71. The third kappa shape index (κ3) is 4.47. The molecule has 0 atom stereocenters. The van der Waals surface area contributed by atoms with Crippen LogP contribution in [0.25, 0.3) is 0 Å². The Morgan fingerprint density at radius 2 is 2.30 bits per heavy atom. The maximum Gasteiger partial charge on any atom is 0.170 e. The van der Waals surface area contributed by atoms with Crippen molar-refractivity contribution >= 4 is 23.3 Å². The standard InChI is InChI=1S/C14H19N3OS2/c1-3-6-15-8-11-4-5-13(18-2)12(7-11)9-19-14-16-10-17-20-14/h4-5,7,10,15H,3,6,8-9H2,1-2H3. The van der Waals surface area contributed by atoms with Gasteiger partial charge in [-0.3, -0.25) is 0 Å². The first-order valence-corrected chi connectivity index (χ1v) is 8.35. The van der Waals surface area contributed by atoms with Crippen molar-refractivity contribution in [2.45, 2.75) is 30.0 Å². The number of ether oxygens (including phenoxy) is 1. The summed E-state index contributed by atoms with van der Waals surface area (Å²) in [5, 5.41) is 3.42. The molecule has 1 N–H and O–H groups in total. The highest BCUT2D eigenvalue weighted by molar-refractivity contribution is 8.00. The number of benzene rings is 1. The predicted molar refractivity (Wildman–Crippen MR) is 84.5 cm³/mol. The summed E-state index contributed by atoms with van der Waals surface area (Å²) in [6.45, 7) is 4.11. The van der Waals surface area contributed by atoms with Crippen molar-refractivity contribution in [3.63, 3.8) is 0 Å². The van der Waals surface area contributed by atoms with E-state index in [2.05, 4.69) is 33.7 Å². The number of hydrogen-bond acceptors (Lipinski definition) is 6. The molecular weight excluding hydrogens is 290 g/mol. The Labute approximate surface area is 128 Å². The van der Waals surface area contributed by atoms with Crippen LogP contribution in [0.5, 0.6) is 5.75 Å². The SMILES string of the molecule is CCCNCc1ccc(OC)c(CSc2ncns2)c1. The van der Waals surface area contributed by atoms with E-state index in [0.29, 0.717) is 0 Å². The van der Waals surface area contributed by atoms with E-state index in [1.54, 1.807) is 25.2 Å². The van der Waals surface area contributed by atoms with Crippen molar-refractivity contribution in [2.75, 3.05) is 13.7 Å². The van der Waals surface area contributed by atoms with E-state index in [-0.39, 0.29) is 0 Å². The molecule has 1 aromatic carbocycles. The molecule has 0 saturated carbocycles. The van der Waals surface area contributed by atoms with Gasteiger partial charge in [-0.15, -0.1) is 0 Å². The maximum absolute atomic E-state index is 5.43. The lowest BCUT2D eigenvalue weighted by atomic mass is 10.1. The zero-order chi connectivity index (χ0) is 14.2. The summed E-state index contributed by atoms with van der Waals surface area (Å²) < 4.78 is 10.4. The molecule has 20 heavy (non-hydrogen) atoms. The summed E-state index contributed by atoms with van der Waals surface area (Å²) in [6, 6.07) is 6.36. The second-order valence-corrected chi connectivity index (χ2v) is 6.32. The van der Waals surface area contributed by atoms with E-state index in [0.717, 1.165) is 35.4 Å². The third-order valence-corrected chi connectivity index (χ3v) is 4.64. The van der Waals surface area contributed by atoms with E-state index in [4.69, 9.17) is 4.74 Å². The first-order valence-electron chi connectivity index (χ1n) is 6.59. The molecule has 0 unspecified atom stereocenters. The van der Waals surface area contributed by atoms with E-state index in [1.165, 1.54) is 22.7 Å². The molecular formula is C14H19N3OS2. The van der Waals surface area contributed by atoms with Crippen LogP contribution < -0.4 is 10.1 Å². The third-order valence-electron chi connectivity index (χ3n) is 2.79. The molecule has 1 aromatic heterocycles. The number of nitrogens with zero attached hydrogens (tertiary/aromatic N) is 2. The molecule has 0 aliphatic rings. The van der Waals surface area contributed by atoms with Crippen molar-refractivity contribution in [1.82, 2.24) is 14.7 Å². The summed E-state index contributed by atoms with van der Waals surface area (Å²) in [4.78, 5) is 4.19. The Hall–Kier alpha value is -1.11. The Bertz CT molecular complexity index is 517. The second-order valence-electron chi connectivity index (χ2n) is 4.32. The minimum atomic E-state index is 0.847. The van der Waals surface area contributed by atoms with Crippen molar-refractivity contribution in [3.05, 3.63) is 35.7 Å². The number of thioether (sulfide) groups is 1. The highest BCUT2D eigenvalue weighted by Crippen LogP contribution is 2.29. The fourth-order valence-corrected chi connectivity index (χ4v) is 3.25. The molecule has 2 aromatic rings. The van der Waals surface area contributed by atoms with Crippen molar-refractivity contribution < 1.29 is 4.74 Å². The zero-order valence-corrected chi connectivity index (χ0v) is 13.4. The van der Waals surface area contributed by atoms with Gasteiger partial charge in [0.15, 0.2) is 4.34 Å². The van der Waals surface area contributed by atoms with Crippen LogP contribution in [-0.4, -0.2) is 23.0 Å². The van der Waals surface area contributed by atoms with Crippen LogP contribution in [0, 0.1) is 0 Å². The molecule has 108 valence electrons. The maximum atomic E-state index is 5.43. The quantitative estimate of drug-likeness (QED) is 0.598. The largest absolute Gasteiger partial charge is 0.496 e. The lowest BCUT2D eigenvalue weighted by molar-refractivity contribution is 0.411. The zero-order valence-electron chi connectivity index (χ0n) is 11.8. The number of nitrogens with one attached hydrogen (secondary N) is 1.